The quantitative estimate of drug-likeness (QED) is 0.0328. The summed E-state index contributed by atoms with van der Waals surface area (Å²) in [5.74, 6) is -0.447. The highest BCUT2D eigenvalue weighted by molar-refractivity contribution is 5.89. The highest BCUT2D eigenvalue weighted by Crippen LogP contribution is 2.14. The van der Waals surface area contributed by atoms with E-state index in [1.807, 2.05) is 12.2 Å². The smallest absolute Gasteiger partial charge is 0.306 e. The number of hydrogen-bond acceptors (Lipinski definition) is 6. The Hall–Kier alpha value is -1.95. The first-order chi connectivity index (χ1) is 22.0. The molecule has 1 atom stereocenters. The van der Waals surface area contributed by atoms with Crippen molar-refractivity contribution in [1.82, 2.24) is 0 Å². The van der Waals surface area contributed by atoms with Crippen molar-refractivity contribution in [3.63, 3.8) is 0 Å². The highest BCUT2D eigenvalue weighted by Gasteiger charge is 2.16. The van der Waals surface area contributed by atoms with Crippen LogP contribution < -0.4 is 0 Å². The summed E-state index contributed by atoms with van der Waals surface area (Å²) in [4.78, 5) is 35.9. The third kappa shape index (κ3) is 33.2. The second kappa shape index (κ2) is 34.9. The van der Waals surface area contributed by atoms with Gasteiger partial charge in [-0.05, 0) is 38.2 Å². The van der Waals surface area contributed by atoms with Crippen molar-refractivity contribution in [2.75, 3.05) is 13.2 Å². The fourth-order valence-electron chi connectivity index (χ4n) is 5.30. The van der Waals surface area contributed by atoms with E-state index < -0.39 is 6.10 Å². The molecule has 0 spiro atoms. The fraction of sp³-hybridized carbons (Fsp3) is 0.821. The molecule has 262 valence electrons. The summed E-state index contributed by atoms with van der Waals surface area (Å²) in [6.45, 7) is 3.96. The largest absolute Gasteiger partial charge is 0.462 e. The summed E-state index contributed by atoms with van der Waals surface area (Å²) in [5, 5.41) is 9.53. The summed E-state index contributed by atoms with van der Waals surface area (Å²) in [7, 11) is 0. The van der Waals surface area contributed by atoms with E-state index in [2.05, 4.69) is 19.9 Å². The Kier molecular flexibility index (Phi) is 33.4. The number of ether oxygens (including phenoxy) is 2. The Labute approximate surface area is 277 Å². The van der Waals surface area contributed by atoms with Crippen molar-refractivity contribution >= 4 is 17.7 Å². The zero-order valence-corrected chi connectivity index (χ0v) is 29.4. The van der Waals surface area contributed by atoms with Gasteiger partial charge < -0.3 is 14.6 Å². The van der Waals surface area contributed by atoms with Crippen molar-refractivity contribution < 1.29 is 29.0 Å². The van der Waals surface area contributed by atoms with Crippen LogP contribution in [0.1, 0.15) is 187 Å². The molecule has 6 nitrogen and oxygen atoms in total. The fourth-order valence-corrected chi connectivity index (χ4v) is 5.30. The molecule has 0 aromatic heterocycles. The number of hydrogen-bond donors (Lipinski definition) is 1. The average Bonchev–Trinajstić information content (AvgIpc) is 3.03. The van der Waals surface area contributed by atoms with Gasteiger partial charge >= 0.3 is 11.9 Å². The van der Waals surface area contributed by atoms with Crippen LogP contribution in [0.2, 0.25) is 0 Å². The van der Waals surface area contributed by atoms with Crippen LogP contribution in [0.25, 0.3) is 0 Å². The van der Waals surface area contributed by atoms with E-state index in [1.165, 1.54) is 77.0 Å². The van der Waals surface area contributed by atoms with E-state index in [0.29, 0.717) is 19.3 Å². The van der Waals surface area contributed by atoms with Crippen molar-refractivity contribution in [3.8, 4) is 0 Å². The van der Waals surface area contributed by atoms with Gasteiger partial charge in [-0.2, -0.15) is 0 Å². The first-order valence-electron chi connectivity index (χ1n) is 18.8. The molecule has 45 heavy (non-hydrogen) atoms. The molecule has 0 aliphatic rings. The number of aliphatic hydroxyl groups is 1. The SMILES string of the molecule is CCCCCCCCCCCCCCCCCC(=O)O[C@@H](CO)COC(=O)CCCCCCC/C=C\C=C\C(=O)CCCCC. The lowest BCUT2D eigenvalue weighted by molar-refractivity contribution is -0.161. The second-order valence-corrected chi connectivity index (χ2v) is 12.7. The zero-order chi connectivity index (χ0) is 33.1. The summed E-state index contributed by atoms with van der Waals surface area (Å²) in [6, 6.07) is 0. The standard InChI is InChI=1S/C39H70O6/c1-3-5-7-8-9-10-11-12-13-14-15-18-22-25-29-33-39(43)45-37(34-40)35-44-38(42)32-28-24-21-19-16-17-20-23-27-31-36(41)30-26-6-4-2/h20,23,27,31,37,40H,3-19,21-22,24-26,28-30,32-35H2,1-2H3/b23-20-,31-27+/t37-/m0/s1. The molecular weight excluding hydrogens is 564 g/mol. The lowest BCUT2D eigenvalue weighted by Crippen LogP contribution is -2.28. The van der Waals surface area contributed by atoms with Gasteiger partial charge in [0.25, 0.3) is 0 Å². The number of allylic oxidation sites excluding steroid dienone is 4. The van der Waals surface area contributed by atoms with Crippen LogP contribution in [0.4, 0.5) is 0 Å². The van der Waals surface area contributed by atoms with Gasteiger partial charge in [0.2, 0.25) is 0 Å². The molecule has 0 fully saturated rings. The van der Waals surface area contributed by atoms with Crippen LogP contribution in [0.3, 0.4) is 0 Å². The molecule has 0 unspecified atom stereocenters. The lowest BCUT2D eigenvalue weighted by Gasteiger charge is -2.15. The number of carbonyl (C=O) groups is 3. The number of unbranched alkanes of at least 4 members (excludes halogenated alkanes) is 21. The van der Waals surface area contributed by atoms with Gasteiger partial charge in [-0.1, -0.05) is 154 Å². The minimum absolute atomic E-state index is 0.0922. The Morgan fingerprint density at radius 2 is 1.00 bits per heavy atom. The molecule has 0 radical (unpaired) electrons. The molecule has 0 bridgehead atoms. The molecule has 0 saturated carbocycles. The lowest BCUT2D eigenvalue weighted by atomic mass is 10.0. The van der Waals surface area contributed by atoms with Crippen LogP contribution in [-0.2, 0) is 23.9 Å². The minimum atomic E-state index is -0.792. The molecule has 0 aliphatic carbocycles. The van der Waals surface area contributed by atoms with Crippen LogP contribution in [0, 0.1) is 0 Å². The monoisotopic (exact) mass is 635 g/mol. The Balaban J connectivity index is 3.62. The number of rotatable bonds is 34. The molecule has 0 rings (SSSR count). The summed E-state index contributed by atoms with van der Waals surface area (Å²) in [5.41, 5.74) is 0. The van der Waals surface area contributed by atoms with E-state index in [4.69, 9.17) is 9.47 Å². The van der Waals surface area contributed by atoms with Crippen LogP contribution in [-0.4, -0.2) is 42.1 Å². The number of aliphatic hydroxyl groups excluding tert-OH is 1. The first-order valence-corrected chi connectivity index (χ1v) is 18.8. The summed E-state index contributed by atoms with van der Waals surface area (Å²) in [6.07, 6.45) is 36.4. The maximum absolute atomic E-state index is 12.1. The highest BCUT2D eigenvalue weighted by atomic mass is 16.6. The van der Waals surface area contributed by atoms with E-state index in [0.717, 1.165) is 77.0 Å². The third-order valence-electron chi connectivity index (χ3n) is 8.22. The summed E-state index contributed by atoms with van der Waals surface area (Å²) < 4.78 is 10.6. The maximum Gasteiger partial charge on any atom is 0.306 e. The van der Waals surface area contributed by atoms with E-state index in [1.54, 1.807) is 6.08 Å². The van der Waals surface area contributed by atoms with E-state index in [9.17, 15) is 19.5 Å². The van der Waals surface area contributed by atoms with Gasteiger partial charge in [0.05, 0.1) is 6.61 Å². The second-order valence-electron chi connectivity index (χ2n) is 12.7. The van der Waals surface area contributed by atoms with Crippen LogP contribution in [0.5, 0.6) is 0 Å². The average molecular weight is 635 g/mol. The van der Waals surface area contributed by atoms with Crippen LogP contribution >= 0.6 is 0 Å². The molecular formula is C39H70O6. The van der Waals surface area contributed by atoms with Gasteiger partial charge in [0.1, 0.15) is 6.61 Å². The van der Waals surface area contributed by atoms with Gasteiger partial charge in [-0.15, -0.1) is 0 Å². The molecule has 0 amide bonds. The predicted molar refractivity (Wildman–Crippen MR) is 187 cm³/mol. The van der Waals surface area contributed by atoms with Crippen molar-refractivity contribution in [1.29, 1.82) is 0 Å². The Morgan fingerprint density at radius 3 is 1.53 bits per heavy atom. The molecule has 6 heteroatoms. The summed E-state index contributed by atoms with van der Waals surface area (Å²) >= 11 is 0. The van der Waals surface area contributed by atoms with Crippen LogP contribution in [0.15, 0.2) is 24.3 Å². The first kappa shape index (κ1) is 43.0. The molecule has 0 aliphatic heterocycles. The van der Waals surface area contributed by atoms with E-state index in [-0.39, 0.29) is 30.9 Å². The predicted octanol–water partition coefficient (Wildman–Crippen LogP) is 10.7. The minimum Gasteiger partial charge on any atom is -0.462 e. The zero-order valence-electron chi connectivity index (χ0n) is 29.4. The molecule has 0 heterocycles. The molecule has 1 N–H and O–H groups in total. The Morgan fingerprint density at radius 1 is 0.556 bits per heavy atom. The van der Waals surface area contributed by atoms with Gasteiger partial charge in [-0.3, -0.25) is 14.4 Å². The Bertz CT molecular complexity index is 744. The van der Waals surface area contributed by atoms with Gasteiger partial charge in [0, 0.05) is 19.3 Å². The third-order valence-corrected chi connectivity index (χ3v) is 8.22. The molecule has 0 saturated heterocycles. The van der Waals surface area contributed by atoms with Crippen molar-refractivity contribution in [2.24, 2.45) is 0 Å². The van der Waals surface area contributed by atoms with Gasteiger partial charge in [0.15, 0.2) is 11.9 Å². The number of esters is 2. The molecule has 0 aromatic carbocycles. The number of ketones is 1. The van der Waals surface area contributed by atoms with Gasteiger partial charge in [-0.25, -0.2) is 0 Å². The topological polar surface area (TPSA) is 89.9 Å². The van der Waals surface area contributed by atoms with E-state index >= 15 is 0 Å². The van der Waals surface area contributed by atoms with Crippen molar-refractivity contribution in [3.05, 3.63) is 24.3 Å². The number of carbonyl (C=O) groups excluding carboxylic acids is 3. The molecule has 0 aromatic rings. The maximum atomic E-state index is 12.1. The van der Waals surface area contributed by atoms with Crippen molar-refractivity contribution in [2.45, 2.75) is 193 Å². The normalized spacial score (nSPS) is 12.2.